The van der Waals surface area contributed by atoms with Gasteiger partial charge in [0.1, 0.15) is 11.5 Å². The largest absolute Gasteiger partial charge is 0.363 e. The van der Waals surface area contributed by atoms with E-state index in [0.29, 0.717) is 18.8 Å². The smallest absolute Gasteiger partial charge is 0.295 e. The molecule has 3 aromatic rings. The molecule has 0 saturated carbocycles. The molecule has 1 saturated heterocycles. The number of piperazine rings is 1. The zero-order valence-corrected chi connectivity index (χ0v) is 15.1. The van der Waals surface area contributed by atoms with E-state index in [1.807, 2.05) is 4.90 Å². The van der Waals surface area contributed by atoms with Gasteiger partial charge in [0.25, 0.3) is 5.69 Å². The third-order valence-corrected chi connectivity index (χ3v) is 5.16. The minimum Gasteiger partial charge on any atom is -0.363 e. The van der Waals surface area contributed by atoms with Crippen LogP contribution in [0.5, 0.6) is 0 Å². The Morgan fingerprint density at radius 3 is 2.67 bits per heavy atom. The number of aryl methyl sites for hydroxylation is 1. The average molecular weight is 368 g/mol. The second-order valence-electron chi connectivity index (χ2n) is 7.02. The van der Waals surface area contributed by atoms with Crippen molar-refractivity contribution in [1.82, 2.24) is 9.88 Å². The molecule has 1 aliphatic rings. The number of hydrogen-bond acceptors (Lipinski definition) is 4. The summed E-state index contributed by atoms with van der Waals surface area (Å²) < 4.78 is 13.4. The van der Waals surface area contributed by atoms with E-state index in [-0.39, 0.29) is 5.69 Å². The summed E-state index contributed by atoms with van der Waals surface area (Å²) >= 11 is 0. The van der Waals surface area contributed by atoms with Gasteiger partial charge in [0, 0.05) is 49.8 Å². The number of nitro groups is 1. The molecule has 2 aromatic carbocycles. The van der Waals surface area contributed by atoms with E-state index in [9.17, 15) is 14.5 Å². The van der Waals surface area contributed by atoms with Crippen LogP contribution in [0.1, 0.15) is 11.1 Å². The molecule has 0 unspecified atom stereocenters. The van der Waals surface area contributed by atoms with Crippen molar-refractivity contribution in [1.29, 1.82) is 0 Å². The summed E-state index contributed by atoms with van der Waals surface area (Å²) in [7, 11) is 0. The molecule has 0 aliphatic carbocycles. The fourth-order valence-corrected chi connectivity index (χ4v) is 3.73. The quantitative estimate of drug-likeness (QED) is 0.561. The molecule has 6 nitrogen and oxygen atoms in total. The predicted molar refractivity (Wildman–Crippen MR) is 104 cm³/mol. The highest BCUT2D eigenvalue weighted by Crippen LogP contribution is 2.30. The first-order valence-electron chi connectivity index (χ1n) is 8.99. The summed E-state index contributed by atoms with van der Waals surface area (Å²) in [5.41, 5.74) is 3.95. The highest BCUT2D eigenvalue weighted by molar-refractivity contribution is 5.83. The first-order valence-corrected chi connectivity index (χ1v) is 8.99. The van der Waals surface area contributed by atoms with Crippen LogP contribution < -0.4 is 4.90 Å². The van der Waals surface area contributed by atoms with Crippen molar-refractivity contribution < 1.29 is 9.31 Å². The van der Waals surface area contributed by atoms with Crippen LogP contribution in [0, 0.1) is 22.9 Å². The van der Waals surface area contributed by atoms with Gasteiger partial charge in [-0.1, -0.05) is 12.1 Å². The Morgan fingerprint density at radius 1 is 1.15 bits per heavy atom. The number of hydrogen-bond donors (Lipinski definition) is 1. The third kappa shape index (κ3) is 3.50. The molecule has 7 heteroatoms. The highest BCUT2D eigenvalue weighted by Gasteiger charge is 2.24. The first-order chi connectivity index (χ1) is 13.0. The Hall–Kier alpha value is -2.93. The Balaban J connectivity index is 1.45. The highest BCUT2D eigenvalue weighted by atomic mass is 19.1. The summed E-state index contributed by atoms with van der Waals surface area (Å²) in [5, 5.41) is 12.5. The monoisotopic (exact) mass is 368 g/mol. The van der Waals surface area contributed by atoms with Crippen molar-refractivity contribution in [3.05, 3.63) is 69.7 Å². The van der Waals surface area contributed by atoms with Gasteiger partial charge in [0.05, 0.1) is 11.0 Å². The molecule has 0 spiro atoms. The van der Waals surface area contributed by atoms with E-state index in [0.717, 1.165) is 31.2 Å². The van der Waals surface area contributed by atoms with E-state index in [1.54, 1.807) is 0 Å². The maximum Gasteiger partial charge on any atom is 0.295 e. The fraction of sp³-hybridized carbons (Fsp3) is 0.300. The van der Waals surface area contributed by atoms with Gasteiger partial charge in [-0.3, -0.25) is 15.0 Å². The fourth-order valence-electron chi connectivity index (χ4n) is 3.73. The number of anilines is 1. The maximum atomic E-state index is 13.4. The van der Waals surface area contributed by atoms with Gasteiger partial charge in [-0.05, 0) is 36.2 Å². The molecule has 0 bridgehead atoms. The number of halogens is 1. The molecule has 4 rings (SSSR count). The second kappa shape index (κ2) is 7.00. The summed E-state index contributed by atoms with van der Waals surface area (Å²) in [4.78, 5) is 18.4. The molecule has 1 aliphatic heterocycles. The molecule has 0 radical (unpaired) electrons. The topological polar surface area (TPSA) is 65.4 Å². The summed E-state index contributed by atoms with van der Waals surface area (Å²) in [6.45, 7) is 5.86. The molecule has 1 aromatic heterocycles. The molecule has 0 atom stereocenters. The zero-order valence-electron chi connectivity index (χ0n) is 15.1. The minimum absolute atomic E-state index is 0.171. The van der Waals surface area contributed by atoms with E-state index in [2.05, 4.69) is 41.2 Å². The predicted octanol–water partition coefficient (Wildman–Crippen LogP) is 3.85. The van der Waals surface area contributed by atoms with Crippen molar-refractivity contribution in [2.45, 2.75) is 13.5 Å². The van der Waals surface area contributed by atoms with Crippen LogP contribution in [0.2, 0.25) is 0 Å². The standard InChI is InChI=1S/C20H21FN4O2/c1-14-2-4-17-15(12-22-18(17)10-14)13-23-6-8-24(9-7-23)19-5-3-16(21)11-20(19)25(26)27/h2-5,10-12,22H,6-9,13H2,1H3. The lowest BCUT2D eigenvalue weighted by Gasteiger charge is -2.35. The molecule has 0 amide bonds. The van der Waals surface area contributed by atoms with E-state index in [1.165, 1.54) is 28.6 Å². The van der Waals surface area contributed by atoms with Crippen LogP contribution in [0.4, 0.5) is 15.8 Å². The first kappa shape index (κ1) is 17.5. The minimum atomic E-state index is -0.585. The molecular weight excluding hydrogens is 347 g/mol. The Morgan fingerprint density at radius 2 is 1.93 bits per heavy atom. The van der Waals surface area contributed by atoms with Gasteiger partial charge >= 0.3 is 0 Å². The molecule has 1 N–H and O–H groups in total. The lowest BCUT2D eigenvalue weighted by Crippen LogP contribution is -2.46. The number of rotatable bonds is 4. The van der Waals surface area contributed by atoms with Crippen molar-refractivity contribution in [2.75, 3.05) is 31.1 Å². The van der Waals surface area contributed by atoms with Crippen molar-refractivity contribution in [3.63, 3.8) is 0 Å². The van der Waals surface area contributed by atoms with E-state index in [4.69, 9.17) is 0 Å². The molecule has 27 heavy (non-hydrogen) atoms. The SMILES string of the molecule is Cc1ccc2c(CN3CCN(c4ccc(F)cc4[N+](=O)[O-])CC3)c[nH]c2c1. The van der Waals surface area contributed by atoms with Crippen LogP contribution in [0.15, 0.2) is 42.6 Å². The summed E-state index contributed by atoms with van der Waals surface area (Å²) in [6, 6.07) is 10.2. The number of nitrogens with one attached hydrogen (secondary N) is 1. The van der Waals surface area contributed by atoms with Gasteiger partial charge in [-0.2, -0.15) is 0 Å². The van der Waals surface area contributed by atoms with Crippen LogP contribution in [-0.4, -0.2) is 41.0 Å². The number of H-pyrrole nitrogens is 1. The molecule has 2 heterocycles. The van der Waals surface area contributed by atoms with Crippen LogP contribution in [0.25, 0.3) is 10.9 Å². The van der Waals surface area contributed by atoms with E-state index < -0.39 is 10.7 Å². The van der Waals surface area contributed by atoms with E-state index >= 15 is 0 Å². The number of aromatic nitrogens is 1. The van der Waals surface area contributed by atoms with Gasteiger partial charge in [0.15, 0.2) is 0 Å². The molecule has 1 fully saturated rings. The van der Waals surface area contributed by atoms with Crippen LogP contribution >= 0.6 is 0 Å². The van der Waals surface area contributed by atoms with Gasteiger partial charge in [-0.15, -0.1) is 0 Å². The normalized spacial score (nSPS) is 15.4. The van der Waals surface area contributed by atoms with Gasteiger partial charge < -0.3 is 9.88 Å². The average Bonchev–Trinajstić information content (AvgIpc) is 3.04. The van der Waals surface area contributed by atoms with Crippen molar-refractivity contribution in [3.8, 4) is 0 Å². The molecular formula is C20H21FN4O2. The lowest BCUT2D eigenvalue weighted by atomic mass is 10.1. The second-order valence-corrected chi connectivity index (χ2v) is 7.02. The number of nitrogens with zero attached hydrogens (tertiary/aromatic N) is 3. The van der Waals surface area contributed by atoms with Crippen LogP contribution in [0.3, 0.4) is 0 Å². The third-order valence-electron chi connectivity index (χ3n) is 5.16. The number of fused-ring (bicyclic) bond motifs is 1. The van der Waals surface area contributed by atoms with Crippen molar-refractivity contribution in [2.24, 2.45) is 0 Å². The zero-order chi connectivity index (χ0) is 19.0. The van der Waals surface area contributed by atoms with Crippen LogP contribution in [-0.2, 0) is 6.54 Å². The number of benzene rings is 2. The lowest BCUT2D eigenvalue weighted by molar-refractivity contribution is -0.384. The molecule has 140 valence electrons. The Bertz CT molecular complexity index is 993. The summed E-state index contributed by atoms with van der Waals surface area (Å²) in [6.07, 6.45) is 2.06. The van der Waals surface area contributed by atoms with Crippen molar-refractivity contribution >= 4 is 22.3 Å². The Kier molecular flexibility index (Phi) is 4.53. The van der Waals surface area contributed by atoms with Gasteiger partial charge in [0.2, 0.25) is 0 Å². The maximum absolute atomic E-state index is 13.4. The summed E-state index contributed by atoms with van der Waals surface area (Å²) in [5.74, 6) is -0.585. The Labute approximate surface area is 156 Å². The number of aromatic amines is 1. The number of nitro benzene ring substituents is 1. The van der Waals surface area contributed by atoms with Gasteiger partial charge in [-0.25, -0.2) is 4.39 Å².